The second-order valence-corrected chi connectivity index (χ2v) is 4.24. The van der Waals surface area contributed by atoms with Gasteiger partial charge in [-0.05, 0) is 19.3 Å². The molecule has 0 saturated heterocycles. The van der Waals surface area contributed by atoms with Gasteiger partial charge in [-0.1, -0.05) is 11.9 Å². The molecule has 1 atom stereocenters. The van der Waals surface area contributed by atoms with Crippen LogP contribution in [0.3, 0.4) is 0 Å². The van der Waals surface area contributed by atoms with Gasteiger partial charge in [0.25, 0.3) is 0 Å². The number of nitrogens with two attached hydrogens (primary N) is 1. The van der Waals surface area contributed by atoms with Gasteiger partial charge < -0.3 is 4.98 Å². The molecule has 1 heterocycles. The molecule has 0 amide bonds. The van der Waals surface area contributed by atoms with Crippen LogP contribution in [0.2, 0.25) is 0 Å². The second-order valence-electron chi connectivity index (χ2n) is 3.30. The molecule has 1 aromatic heterocycles. The average molecular weight is 196 g/mol. The molecule has 3 nitrogen and oxygen atoms in total. The fraction of sp³-hybridized carbons (Fsp3) is 0.444. The number of hydrogen-bond donors (Lipinski definition) is 2. The molecule has 1 unspecified atom stereocenters. The SMILES string of the molecule is NSC1CCc2[nH]ccc(=O)c2C1. The van der Waals surface area contributed by atoms with Crippen LogP contribution in [0.4, 0.5) is 0 Å². The largest absolute Gasteiger partial charge is 0.365 e. The predicted molar refractivity (Wildman–Crippen MR) is 54.7 cm³/mol. The van der Waals surface area contributed by atoms with Gasteiger partial charge in [-0.2, -0.15) is 0 Å². The van der Waals surface area contributed by atoms with Crippen LogP contribution in [0.5, 0.6) is 0 Å². The molecular formula is C9H12N2OS. The Morgan fingerprint density at radius 3 is 3.23 bits per heavy atom. The quantitative estimate of drug-likeness (QED) is 0.654. The lowest BCUT2D eigenvalue weighted by atomic mass is 9.95. The van der Waals surface area contributed by atoms with Crippen LogP contribution >= 0.6 is 11.9 Å². The van der Waals surface area contributed by atoms with Crippen LogP contribution in [-0.2, 0) is 12.8 Å². The number of fused-ring (bicyclic) bond motifs is 1. The fourth-order valence-electron chi connectivity index (χ4n) is 1.75. The third-order valence-corrected chi connectivity index (χ3v) is 3.28. The van der Waals surface area contributed by atoms with E-state index in [0.717, 1.165) is 30.5 Å². The number of aromatic amines is 1. The van der Waals surface area contributed by atoms with E-state index < -0.39 is 0 Å². The number of hydrogen-bond acceptors (Lipinski definition) is 3. The summed E-state index contributed by atoms with van der Waals surface area (Å²) in [5.41, 5.74) is 2.17. The highest BCUT2D eigenvalue weighted by Crippen LogP contribution is 2.22. The van der Waals surface area contributed by atoms with E-state index in [1.807, 2.05) is 0 Å². The Bertz CT molecular complexity index is 361. The van der Waals surface area contributed by atoms with Gasteiger partial charge in [-0.25, -0.2) is 0 Å². The van der Waals surface area contributed by atoms with Crippen molar-refractivity contribution in [3.05, 3.63) is 33.7 Å². The van der Waals surface area contributed by atoms with Gasteiger partial charge in [-0.3, -0.25) is 9.93 Å². The minimum atomic E-state index is 0.146. The molecule has 0 fully saturated rings. The van der Waals surface area contributed by atoms with Gasteiger partial charge >= 0.3 is 0 Å². The zero-order valence-corrected chi connectivity index (χ0v) is 8.06. The van der Waals surface area contributed by atoms with Crippen molar-refractivity contribution >= 4 is 11.9 Å². The number of pyridine rings is 1. The van der Waals surface area contributed by atoms with Crippen LogP contribution in [0.15, 0.2) is 17.1 Å². The predicted octanol–water partition coefficient (Wildman–Crippen LogP) is 0.839. The summed E-state index contributed by atoms with van der Waals surface area (Å²) < 4.78 is 0. The minimum Gasteiger partial charge on any atom is -0.365 e. The molecule has 13 heavy (non-hydrogen) atoms. The van der Waals surface area contributed by atoms with E-state index in [1.165, 1.54) is 11.9 Å². The van der Waals surface area contributed by atoms with E-state index >= 15 is 0 Å². The fourth-order valence-corrected chi connectivity index (χ4v) is 2.27. The zero-order chi connectivity index (χ0) is 9.26. The summed E-state index contributed by atoms with van der Waals surface area (Å²) in [7, 11) is 0. The summed E-state index contributed by atoms with van der Waals surface area (Å²) in [5, 5.41) is 5.93. The highest BCUT2D eigenvalue weighted by atomic mass is 32.2. The molecule has 70 valence electrons. The molecule has 0 radical (unpaired) electrons. The first-order chi connectivity index (χ1) is 6.31. The molecule has 1 aliphatic carbocycles. The molecule has 0 spiro atoms. The minimum absolute atomic E-state index is 0.146. The summed E-state index contributed by atoms with van der Waals surface area (Å²) in [5.74, 6) is 0. The van der Waals surface area contributed by atoms with Crippen molar-refractivity contribution in [1.29, 1.82) is 0 Å². The smallest absolute Gasteiger partial charge is 0.185 e. The molecule has 0 bridgehead atoms. The van der Waals surface area contributed by atoms with E-state index in [9.17, 15) is 4.79 Å². The Hall–Kier alpha value is -0.740. The molecule has 4 heteroatoms. The van der Waals surface area contributed by atoms with Crippen molar-refractivity contribution < 1.29 is 0 Å². The number of aryl methyl sites for hydroxylation is 1. The number of H-pyrrole nitrogens is 1. The molecular weight excluding hydrogens is 184 g/mol. The van der Waals surface area contributed by atoms with Crippen LogP contribution in [0.1, 0.15) is 17.7 Å². The standard InChI is InChI=1S/C9H12N2OS/c10-13-6-1-2-8-7(5-6)9(12)3-4-11-8/h3-4,6H,1-2,5,10H2,(H,11,12). The summed E-state index contributed by atoms with van der Waals surface area (Å²) in [6.07, 6.45) is 4.54. The van der Waals surface area contributed by atoms with E-state index in [-0.39, 0.29) is 5.43 Å². The van der Waals surface area contributed by atoms with Crippen LogP contribution in [0.25, 0.3) is 0 Å². The van der Waals surface area contributed by atoms with Crippen molar-refractivity contribution in [1.82, 2.24) is 4.98 Å². The molecule has 0 saturated carbocycles. The highest BCUT2D eigenvalue weighted by Gasteiger charge is 2.20. The van der Waals surface area contributed by atoms with Gasteiger partial charge in [0.15, 0.2) is 5.43 Å². The van der Waals surface area contributed by atoms with Gasteiger partial charge in [0.05, 0.1) is 0 Å². The van der Waals surface area contributed by atoms with Gasteiger partial charge in [0, 0.05) is 28.8 Å². The first kappa shape index (κ1) is 8.84. The normalized spacial score (nSPS) is 21.2. The Morgan fingerprint density at radius 1 is 1.62 bits per heavy atom. The van der Waals surface area contributed by atoms with E-state index in [0.29, 0.717) is 5.25 Å². The maximum absolute atomic E-state index is 11.5. The Labute approximate surface area is 80.9 Å². The first-order valence-electron chi connectivity index (χ1n) is 4.36. The van der Waals surface area contributed by atoms with Gasteiger partial charge in [-0.15, -0.1) is 0 Å². The molecule has 0 aliphatic heterocycles. The third-order valence-electron chi connectivity index (χ3n) is 2.49. The first-order valence-corrected chi connectivity index (χ1v) is 5.30. The number of nitrogens with one attached hydrogen (secondary N) is 1. The zero-order valence-electron chi connectivity index (χ0n) is 7.25. The average Bonchev–Trinajstić information content (AvgIpc) is 2.18. The Kier molecular flexibility index (Phi) is 2.42. The molecule has 1 aliphatic rings. The maximum Gasteiger partial charge on any atom is 0.185 e. The van der Waals surface area contributed by atoms with Crippen LogP contribution in [-0.4, -0.2) is 10.2 Å². The van der Waals surface area contributed by atoms with Crippen molar-refractivity contribution in [3.63, 3.8) is 0 Å². The molecule has 2 rings (SSSR count). The highest BCUT2D eigenvalue weighted by molar-refractivity contribution is 7.97. The monoisotopic (exact) mass is 196 g/mol. The van der Waals surface area contributed by atoms with Crippen molar-refractivity contribution in [2.45, 2.75) is 24.5 Å². The van der Waals surface area contributed by atoms with Gasteiger partial charge in [0.1, 0.15) is 0 Å². The number of rotatable bonds is 1. The lowest BCUT2D eigenvalue weighted by molar-refractivity contribution is 0.679. The summed E-state index contributed by atoms with van der Waals surface area (Å²) >= 11 is 1.37. The lowest BCUT2D eigenvalue weighted by Gasteiger charge is -2.21. The lowest BCUT2D eigenvalue weighted by Crippen LogP contribution is -2.25. The molecule has 0 aromatic carbocycles. The number of aromatic nitrogens is 1. The Morgan fingerprint density at radius 2 is 2.46 bits per heavy atom. The Balaban J connectivity index is 2.38. The van der Waals surface area contributed by atoms with Crippen LogP contribution in [0, 0.1) is 0 Å². The summed E-state index contributed by atoms with van der Waals surface area (Å²) in [6.45, 7) is 0. The van der Waals surface area contributed by atoms with E-state index in [2.05, 4.69) is 4.98 Å². The van der Waals surface area contributed by atoms with E-state index in [4.69, 9.17) is 5.14 Å². The van der Waals surface area contributed by atoms with Crippen molar-refractivity contribution in [2.24, 2.45) is 5.14 Å². The van der Waals surface area contributed by atoms with Crippen LogP contribution < -0.4 is 10.6 Å². The second kappa shape index (κ2) is 3.55. The third kappa shape index (κ3) is 1.64. The van der Waals surface area contributed by atoms with E-state index in [1.54, 1.807) is 12.3 Å². The summed E-state index contributed by atoms with van der Waals surface area (Å²) in [4.78, 5) is 14.6. The van der Waals surface area contributed by atoms with Crippen molar-refractivity contribution in [2.75, 3.05) is 0 Å². The maximum atomic E-state index is 11.5. The molecule has 3 N–H and O–H groups in total. The van der Waals surface area contributed by atoms with Gasteiger partial charge in [0.2, 0.25) is 0 Å². The van der Waals surface area contributed by atoms with Crippen molar-refractivity contribution in [3.8, 4) is 0 Å². The topological polar surface area (TPSA) is 58.9 Å². The summed E-state index contributed by atoms with van der Waals surface area (Å²) in [6, 6.07) is 1.59. The molecule has 1 aromatic rings.